The monoisotopic (exact) mass is 402 g/mol. The Bertz CT molecular complexity index is 823. The molecule has 0 N–H and O–H groups in total. The number of ether oxygens (including phenoxy) is 3. The molecule has 0 saturated heterocycles. The number of hydrogen-bond acceptors (Lipinski definition) is 7. The maximum atomic E-state index is 13.1. The zero-order valence-electron chi connectivity index (χ0n) is 17.3. The van der Waals surface area contributed by atoms with Gasteiger partial charge >= 0.3 is 18.0 Å². The molecule has 8 nitrogen and oxygen atoms in total. The lowest BCUT2D eigenvalue weighted by Crippen LogP contribution is -2.54. The Labute approximate surface area is 170 Å². The summed E-state index contributed by atoms with van der Waals surface area (Å²) in [6, 6.07) is 7.46. The lowest BCUT2D eigenvalue weighted by molar-refractivity contribution is -0.150. The van der Waals surface area contributed by atoms with Crippen molar-refractivity contribution in [3.05, 3.63) is 47.7 Å². The molecule has 0 fully saturated rings. The first-order valence-electron chi connectivity index (χ1n) is 9.38. The van der Waals surface area contributed by atoms with Crippen LogP contribution in [0.2, 0.25) is 0 Å². The van der Waals surface area contributed by atoms with Gasteiger partial charge in [-0.2, -0.15) is 0 Å². The molecule has 0 bridgehead atoms. The lowest BCUT2D eigenvalue weighted by atomic mass is 10.0. The summed E-state index contributed by atoms with van der Waals surface area (Å²) in [5.41, 5.74) is -0.355. The second-order valence-electron chi connectivity index (χ2n) is 7.13. The normalized spacial score (nSPS) is 16.4. The fourth-order valence-corrected chi connectivity index (χ4v) is 2.66. The molecule has 1 atom stereocenters. The van der Waals surface area contributed by atoms with Crippen LogP contribution in [0.5, 0.6) is 0 Å². The number of aliphatic imine (C=N–C) groups is 1. The van der Waals surface area contributed by atoms with Gasteiger partial charge in [0.1, 0.15) is 11.4 Å². The molecule has 1 unspecified atom stereocenters. The first kappa shape index (κ1) is 22.1. The highest BCUT2D eigenvalue weighted by Gasteiger charge is 2.44. The van der Waals surface area contributed by atoms with Crippen molar-refractivity contribution >= 4 is 23.9 Å². The van der Waals surface area contributed by atoms with Crippen LogP contribution in [0.25, 0.3) is 0 Å². The second-order valence-corrected chi connectivity index (χ2v) is 7.13. The molecule has 1 amide bonds. The summed E-state index contributed by atoms with van der Waals surface area (Å²) in [5, 5.41) is 0. The fourth-order valence-electron chi connectivity index (χ4n) is 2.66. The Kier molecular flexibility index (Phi) is 7.14. The molecule has 0 aromatic heterocycles. The number of rotatable bonds is 5. The quantitative estimate of drug-likeness (QED) is 0.555. The minimum atomic E-state index is -1.38. The van der Waals surface area contributed by atoms with E-state index in [-0.39, 0.29) is 24.6 Å². The average Bonchev–Trinajstić information content (AvgIpc) is 2.66. The molecule has 2 rings (SSSR count). The molecular weight excluding hydrogens is 376 g/mol. The third kappa shape index (κ3) is 5.43. The van der Waals surface area contributed by atoms with Crippen molar-refractivity contribution in [1.82, 2.24) is 4.90 Å². The molecule has 0 spiro atoms. The first-order valence-corrected chi connectivity index (χ1v) is 9.38. The van der Waals surface area contributed by atoms with Crippen molar-refractivity contribution < 1.29 is 28.6 Å². The maximum Gasteiger partial charge on any atom is 0.417 e. The van der Waals surface area contributed by atoms with Gasteiger partial charge in [0.05, 0.1) is 18.8 Å². The van der Waals surface area contributed by atoms with Crippen LogP contribution in [-0.2, 0) is 23.8 Å². The summed E-state index contributed by atoms with van der Waals surface area (Å²) >= 11 is 0. The molecule has 1 heterocycles. The van der Waals surface area contributed by atoms with Crippen molar-refractivity contribution in [2.45, 2.75) is 46.3 Å². The number of benzene rings is 1. The van der Waals surface area contributed by atoms with Gasteiger partial charge in [0.25, 0.3) is 0 Å². The minimum Gasteiger partial charge on any atom is -0.464 e. The highest BCUT2D eigenvalue weighted by atomic mass is 16.6. The van der Waals surface area contributed by atoms with E-state index in [0.717, 1.165) is 4.90 Å². The number of amides is 1. The van der Waals surface area contributed by atoms with E-state index < -0.39 is 29.7 Å². The number of carbonyl (C=O) groups excluding carboxylic acids is 3. The van der Waals surface area contributed by atoms with Gasteiger partial charge in [-0.15, -0.1) is 0 Å². The van der Waals surface area contributed by atoms with Crippen molar-refractivity contribution in [1.29, 1.82) is 0 Å². The smallest absolute Gasteiger partial charge is 0.417 e. The summed E-state index contributed by atoms with van der Waals surface area (Å²) in [7, 11) is 0. The minimum absolute atomic E-state index is 0.0748. The number of hydrogen-bond donors (Lipinski definition) is 0. The summed E-state index contributed by atoms with van der Waals surface area (Å²) in [6.45, 7) is 8.57. The SMILES string of the molecule is CCOC(=O)C1=CN=C(c2ccccc2)N(C(=O)OC(C)(C)C)C1C(=O)OCC. The van der Waals surface area contributed by atoms with Gasteiger partial charge in [-0.25, -0.2) is 24.3 Å². The van der Waals surface area contributed by atoms with E-state index in [0.29, 0.717) is 5.56 Å². The Morgan fingerprint density at radius 1 is 1.03 bits per heavy atom. The molecule has 1 aromatic rings. The van der Waals surface area contributed by atoms with Gasteiger partial charge in [0, 0.05) is 11.8 Å². The third-order valence-corrected chi connectivity index (χ3v) is 3.75. The zero-order chi connectivity index (χ0) is 21.6. The van der Waals surface area contributed by atoms with E-state index >= 15 is 0 Å². The van der Waals surface area contributed by atoms with E-state index in [1.165, 1.54) is 6.20 Å². The maximum absolute atomic E-state index is 13.1. The molecule has 8 heteroatoms. The van der Waals surface area contributed by atoms with Crippen LogP contribution in [0.1, 0.15) is 40.2 Å². The zero-order valence-corrected chi connectivity index (χ0v) is 17.3. The van der Waals surface area contributed by atoms with Crippen molar-refractivity contribution in [2.24, 2.45) is 4.99 Å². The van der Waals surface area contributed by atoms with Crippen LogP contribution in [0, 0.1) is 0 Å². The largest absolute Gasteiger partial charge is 0.464 e. The van der Waals surface area contributed by atoms with Gasteiger partial charge in [0.15, 0.2) is 6.04 Å². The number of nitrogens with zero attached hydrogens (tertiary/aromatic N) is 2. The summed E-state index contributed by atoms with van der Waals surface area (Å²) in [4.78, 5) is 43.7. The van der Waals surface area contributed by atoms with E-state index in [1.54, 1.807) is 58.9 Å². The first-order chi connectivity index (χ1) is 13.7. The van der Waals surface area contributed by atoms with Crippen molar-refractivity contribution in [2.75, 3.05) is 13.2 Å². The molecule has 29 heavy (non-hydrogen) atoms. The van der Waals surface area contributed by atoms with Crippen LogP contribution in [0.4, 0.5) is 4.79 Å². The Morgan fingerprint density at radius 3 is 2.21 bits per heavy atom. The summed E-state index contributed by atoms with van der Waals surface area (Å²) in [6.07, 6.45) is 0.413. The lowest BCUT2D eigenvalue weighted by Gasteiger charge is -2.35. The standard InChI is InChI=1S/C21H26N2O6/c1-6-27-18(24)15-13-22-17(14-11-9-8-10-12-14)23(16(15)19(25)28-7-2)20(26)29-21(3,4)5/h8-13,16H,6-7H2,1-5H3. The van der Waals surface area contributed by atoms with E-state index in [1.807, 2.05) is 6.07 Å². The van der Waals surface area contributed by atoms with Gasteiger partial charge < -0.3 is 14.2 Å². The van der Waals surface area contributed by atoms with Gasteiger partial charge in [0.2, 0.25) is 0 Å². The predicted molar refractivity (Wildman–Crippen MR) is 106 cm³/mol. The van der Waals surface area contributed by atoms with Crippen LogP contribution in [0.3, 0.4) is 0 Å². The van der Waals surface area contributed by atoms with Crippen LogP contribution < -0.4 is 0 Å². The number of carbonyl (C=O) groups is 3. The van der Waals surface area contributed by atoms with Crippen molar-refractivity contribution in [3.8, 4) is 0 Å². The molecule has 0 radical (unpaired) electrons. The number of esters is 2. The molecular formula is C21H26N2O6. The predicted octanol–water partition coefficient (Wildman–Crippen LogP) is 3.06. The molecule has 1 aromatic carbocycles. The molecule has 1 aliphatic rings. The third-order valence-electron chi connectivity index (χ3n) is 3.75. The Morgan fingerprint density at radius 2 is 1.66 bits per heavy atom. The summed E-state index contributed by atoms with van der Waals surface area (Å²) < 4.78 is 15.7. The fraction of sp³-hybridized carbons (Fsp3) is 0.429. The molecule has 0 aliphatic carbocycles. The Hall–Kier alpha value is -3.16. The van der Waals surface area contributed by atoms with E-state index in [4.69, 9.17) is 14.2 Å². The Balaban J connectivity index is 2.62. The van der Waals surface area contributed by atoms with Gasteiger partial charge in [-0.3, -0.25) is 0 Å². The van der Waals surface area contributed by atoms with Gasteiger partial charge in [-0.1, -0.05) is 30.3 Å². The summed E-state index contributed by atoms with van der Waals surface area (Å²) in [5.74, 6) is -1.36. The van der Waals surface area contributed by atoms with Crippen LogP contribution in [0.15, 0.2) is 47.1 Å². The van der Waals surface area contributed by atoms with Gasteiger partial charge in [-0.05, 0) is 34.6 Å². The van der Waals surface area contributed by atoms with Crippen molar-refractivity contribution in [3.63, 3.8) is 0 Å². The van der Waals surface area contributed by atoms with E-state index in [2.05, 4.69) is 4.99 Å². The highest BCUT2D eigenvalue weighted by molar-refractivity contribution is 6.13. The second kappa shape index (κ2) is 9.36. The molecule has 1 aliphatic heterocycles. The number of amidine groups is 1. The molecule has 156 valence electrons. The average molecular weight is 402 g/mol. The molecule has 0 saturated carbocycles. The van der Waals surface area contributed by atoms with Crippen LogP contribution >= 0.6 is 0 Å². The van der Waals surface area contributed by atoms with Crippen LogP contribution in [-0.4, -0.2) is 53.6 Å². The highest BCUT2D eigenvalue weighted by Crippen LogP contribution is 2.25. The topological polar surface area (TPSA) is 94.5 Å². The van der Waals surface area contributed by atoms with E-state index in [9.17, 15) is 14.4 Å².